The molecule has 0 amide bonds. The Hall–Kier alpha value is -4.04. The molecule has 3 rings (SSSR count). The fourth-order valence-corrected chi connectivity index (χ4v) is 4.38. The summed E-state index contributed by atoms with van der Waals surface area (Å²) in [4.78, 5) is 63.8. The van der Waals surface area contributed by atoms with Gasteiger partial charge in [0, 0.05) is 39.1 Å². The number of aromatic nitrogens is 1. The van der Waals surface area contributed by atoms with E-state index in [0.29, 0.717) is 5.69 Å². The molecule has 1 N–H and O–H groups in total. The number of ether oxygens (including phenoxy) is 6. The lowest BCUT2D eigenvalue weighted by atomic mass is 9.98. The molecule has 13 nitrogen and oxygen atoms in total. The summed E-state index contributed by atoms with van der Waals surface area (Å²) in [6.45, 7) is 4.04. The highest BCUT2D eigenvalue weighted by Crippen LogP contribution is 2.32. The van der Waals surface area contributed by atoms with E-state index in [2.05, 4.69) is 4.98 Å². The molecule has 2 aromatic rings. The van der Waals surface area contributed by atoms with E-state index in [9.17, 15) is 29.1 Å². The van der Waals surface area contributed by atoms with E-state index in [0.717, 1.165) is 33.8 Å². The first-order valence-electron chi connectivity index (χ1n) is 11.6. The van der Waals surface area contributed by atoms with Gasteiger partial charge in [0.25, 0.3) is 0 Å². The third kappa shape index (κ3) is 8.22. The summed E-state index contributed by atoms with van der Waals surface area (Å²) in [5, 5.41) is 12.2. The molecule has 210 valence electrons. The van der Waals surface area contributed by atoms with Gasteiger partial charge in [-0.3, -0.25) is 24.0 Å². The zero-order valence-electron chi connectivity index (χ0n) is 21.5. The van der Waals surface area contributed by atoms with Gasteiger partial charge < -0.3 is 33.5 Å². The second-order valence-electron chi connectivity index (χ2n) is 8.44. The number of aromatic hydroxyl groups is 1. The van der Waals surface area contributed by atoms with Crippen molar-refractivity contribution in [1.82, 2.24) is 4.98 Å². The Labute approximate surface area is 226 Å². The van der Waals surface area contributed by atoms with Crippen molar-refractivity contribution in [3.05, 3.63) is 40.3 Å². The average Bonchev–Trinajstić information content (AvgIpc) is 3.33. The summed E-state index contributed by atoms with van der Waals surface area (Å²) < 4.78 is 32.7. The van der Waals surface area contributed by atoms with E-state index in [-0.39, 0.29) is 23.5 Å². The molecule has 14 heteroatoms. The summed E-state index contributed by atoms with van der Waals surface area (Å²) >= 11 is 1.34. The number of hydrogen-bond acceptors (Lipinski definition) is 14. The largest absolute Gasteiger partial charge is 0.507 e. The van der Waals surface area contributed by atoms with Gasteiger partial charge in [-0.1, -0.05) is 0 Å². The zero-order valence-corrected chi connectivity index (χ0v) is 22.3. The maximum absolute atomic E-state index is 12.6. The Morgan fingerprint density at radius 1 is 0.923 bits per heavy atom. The molecule has 0 saturated carbocycles. The van der Waals surface area contributed by atoms with Crippen molar-refractivity contribution in [3.8, 4) is 11.5 Å². The number of nitrogens with zero attached hydrogens (tertiary/aromatic N) is 1. The molecule has 0 aliphatic carbocycles. The number of hydrogen-bond donors (Lipinski definition) is 1. The molecular formula is C25H27NO12S. The first-order chi connectivity index (χ1) is 18.4. The number of phenols is 1. The minimum atomic E-state index is -1.48. The summed E-state index contributed by atoms with van der Waals surface area (Å²) in [7, 11) is 0. The van der Waals surface area contributed by atoms with Crippen molar-refractivity contribution >= 4 is 41.0 Å². The minimum Gasteiger partial charge on any atom is -0.507 e. The van der Waals surface area contributed by atoms with Crippen molar-refractivity contribution < 1.29 is 57.5 Å². The predicted octanol–water partition coefficient (Wildman–Crippen LogP) is 1.74. The van der Waals surface area contributed by atoms with Crippen LogP contribution in [0.15, 0.2) is 29.1 Å². The van der Waals surface area contributed by atoms with Gasteiger partial charge in [-0.25, -0.2) is 4.98 Å². The van der Waals surface area contributed by atoms with Crippen LogP contribution in [0.25, 0.3) is 0 Å². The van der Waals surface area contributed by atoms with Gasteiger partial charge >= 0.3 is 23.9 Å². The molecule has 5 atom stereocenters. The Morgan fingerprint density at radius 3 is 2.13 bits per heavy atom. The van der Waals surface area contributed by atoms with Crippen LogP contribution in [-0.2, 0) is 49.3 Å². The molecule has 1 aliphatic heterocycles. The molecule has 39 heavy (non-hydrogen) atoms. The van der Waals surface area contributed by atoms with Gasteiger partial charge in [0.2, 0.25) is 12.4 Å². The van der Waals surface area contributed by atoms with E-state index >= 15 is 0 Å². The third-order valence-corrected chi connectivity index (χ3v) is 5.93. The fraction of sp³-hybridized carbons (Fsp3) is 0.440. The maximum atomic E-state index is 12.6. The lowest BCUT2D eigenvalue weighted by molar-refractivity contribution is -0.288. The number of carbonyl (C=O) groups is 5. The number of rotatable bonds is 10. The first-order valence-corrected chi connectivity index (χ1v) is 12.6. The van der Waals surface area contributed by atoms with Crippen molar-refractivity contribution in [1.29, 1.82) is 0 Å². The van der Waals surface area contributed by atoms with Crippen molar-refractivity contribution in [2.24, 2.45) is 0 Å². The summed E-state index contributed by atoms with van der Waals surface area (Å²) in [6.07, 6.45) is -6.90. The summed E-state index contributed by atoms with van der Waals surface area (Å²) in [5.41, 5.74) is 2.17. The normalized spacial score (nSPS) is 22.3. The van der Waals surface area contributed by atoms with Crippen LogP contribution in [0.2, 0.25) is 0 Å². The van der Waals surface area contributed by atoms with E-state index < -0.39 is 66.9 Å². The van der Waals surface area contributed by atoms with Crippen LogP contribution in [0.3, 0.4) is 0 Å². The smallest absolute Gasteiger partial charge is 0.303 e. The Morgan fingerprint density at radius 2 is 1.56 bits per heavy atom. The molecule has 0 radical (unpaired) electrons. The molecule has 1 saturated heterocycles. The van der Waals surface area contributed by atoms with Gasteiger partial charge in [-0.05, 0) is 12.1 Å². The highest BCUT2D eigenvalue weighted by molar-refractivity contribution is 7.07. The number of esters is 4. The van der Waals surface area contributed by atoms with E-state index in [1.807, 2.05) is 0 Å². The highest BCUT2D eigenvalue weighted by Gasteiger charge is 2.53. The number of ketones is 1. The van der Waals surface area contributed by atoms with Gasteiger partial charge in [0.05, 0.1) is 23.2 Å². The molecule has 1 aromatic heterocycles. The second kappa shape index (κ2) is 13.2. The fourth-order valence-electron chi connectivity index (χ4n) is 3.82. The van der Waals surface area contributed by atoms with Crippen LogP contribution in [0, 0.1) is 0 Å². The second-order valence-corrected chi connectivity index (χ2v) is 9.16. The number of benzene rings is 1. The van der Waals surface area contributed by atoms with E-state index in [4.69, 9.17) is 28.4 Å². The third-order valence-electron chi connectivity index (χ3n) is 5.30. The standard InChI is InChI=1S/C25H27NO12S/c1-12(27)33-9-21-22(34-13(2)28)23(35-14(3)29)24(36-15(4)30)25(38-21)37-17-5-6-18(20(32)8-17)19(31)7-16-10-39-11-26-16/h5-6,8,10-11,21-25,32H,7,9H2,1-4H3/t21-,22+,23-,24-,25+/m0/s1. The number of phenolic OH excluding ortho intramolecular Hbond substituents is 1. The van der Waals surface area contributed by atoms with Crippen LogP contribution in [0.4, 0.5) is 0 Å². The van der Waals surface area contributed by atoms with Crippen molar-refractivity contribution in [2.45, 2.75) is 64.8 Å². The lowest BCUT2D eigenvalue weighted by Gasteiger charge is -2.43. The van der Waals surface area contributed by atoms with Gasteiger partial charge in [0.1, 0.15) is 24.2 Å². The topological polar surface area (TPSA) is 174 Å². The number of carbonyl (C=O) groups excluding carboxylic acids is 5. The SMILES string of the molecule is CC(=O)OC[C@@H]1O[C@@H](Oc2ccc(C(=O)Cc3cscn3)c(O)c2)[C@@H](OC(C)=O)[C@@H](OC(C)=O)[C@@H]1OC(C)=O. The predicted molar refractivity (Wildman–Crippen MR) is 131 cm³/mol. The van der Waals surface area contributed by atoms with Crippen LogP contribution in [0.1, 0.15) is 43.7 Å². The van der Waals surface area contributed by atoms with Crippen LogP contribution >= 0.6 is 11.3 Å². The van der Waals surface area contributed by atoms with E-state index in [1.54, 1.807) is 10.9 Å². The molecule has 1 aliphatic rings. The average molecular weight is 566 g/mol. The van der Waals surface area contributed by atoms with Gasteiger partial charge in [-0.15, -0.1) is 11.3 Å². The number of Topliss-reactive ketones (excluding diaryl/α,β-unsaturated/α-hetero) is 1. The minimum absolute atomic E-state index is 0.00129. The van der Waals surface area contributed by atoms with Gasteiger partial charge in [0.15, 0.2) is 18.0 Å². The molecule has 1 aromatic carbocycles. The molecule has 0 spiro atoms. The van der Waals surface area contributed by atoms with Crippen LogP contribution < -0.4 is 4.74 Å². The molecule has 1 fully saturated rings. The van der Waals surface area contributed by atoms with Crippen LogP contribution in [0.5, 0.6) is 11.5 Å². The highest BCUT2D eigenvalue weighted by atomic mass is 32.1. The maximum Gasteiger partial charge on any atom is 0.303 e. The van der Waals surface area contributed by atoms with Crippen LogP contribution in [-0.4, -0.2) is 77.1 Å². The molecular weight excluding hydrogens is 538 g/mol. The Balaban J connectivity index is 1.91. The Bertz CT molecular complexity index is 1210. The van der Waals surface area contributed by atoms with E-state index in [1.165, 1.54) is 23.5 Å². The van der Waals surface area contributed by atoms with Gasteiger partial charge in [-0.2, -0.15) is 0 Å². The first kappa shape index (κ1) is 29.5. The lowest BCUT2D eigenvalue weighted by Crippen LogP contribution is -2.63. The molecule has 0 bridgehead atoms. The van der Waals surface area contributed by atoms with Crippen molar-refractivity contribution in [2.75, 3.05) is 6.61 Å². The molecule has 2 heterocycles. The van der Waals surface area contributed by atoms with Crippen molar-refractivity contribution in [3.63, 3.8) is 0 Å². The summed E-state index contributed by atoms with van der Waals surface area (Å²) in [6, 6.07) is 3.87. The quantitative estimate of drug-likeness (QED) is 0.251. The summed E-state index contributed by atoms with van der Waals surface area (Å²) in [5.74, 6) is -3.78. The Kier molecular flexibility index (Phi) is 9.95. The number of thiazole rings is 1. The molecule has 0 unspecified atom stereocenters. The zero-order chi connectivity index (χ0) is 28.7. The monoisotopic (exact) mass is 565 g/mol.